The predicted molar refractivity (Wildman–Crippen MR) is 75.0 cm³/mol. The summed E-state index contributed by atoms with van der Waals surface area (Å²) >= 11 is 9.13. The normalized spacial score (nSPS) is 10.6. The van der Waals surface area contributed by atoms with Crippen molar-refractivity contribution >= 4 is 54.5 Å². The summed E-state index contributed by atoms with van der Waals surface area (Å²) in [6.45, 7) is 0. The van der Waals surface area contributed by atoms with Crippen molar-refractivity contribution < 1.29 is 4.42 Å². The molecule has 0 aliphatic rings. The first kappa shape index (κ1) is 11.6. The molecule has 0 atom stereocenters. The van der Waals surface area contributed by atoms with Crippen LogP contribution in [-0.2, 0) is 5.33 Å². The van der Waals surface area contributed by atoms with Gasteiger partial charge in [0, 0.05) is 18.9 Å². The Morgan fingerprint density at radius 2 is 2.20 bits per heavy atom. The zero-order valence-electron chi connectivity index (χ0n) is 7.51. The number of alkyl halides is 1. The molecule has 0 unspecified atom stereocenters. The average molecular weight is 443 g/mol. The van der Waals surface area contributed by atoms with Gasteiger partial charge in [0.1, 0.15) is 0 Å². The van der Waals surface area contributed by atoms with E-state index < -0.39 is 0 Å². The fourth-order valence-corrected chi connectivity index (χ4v) is 2.60. The van der Waals surface area contributed by atoms with Crippen LogP contribution in [0.3, 0.4) is 0 Å². The molecule has 0 N–H and O–H groups in total. The molecule has 0 aliphatic carbocycles. The first-order valence-corrected chi connectivity index (χ1v) is 7.15. The molecule has 2 rings (SSSR count). The lowest BCUT2D eigenvalue weighted by Crippen LogP contribution is -1.86. The number of benzene rings is 1. The van der Waals surface area contributed by atoms with E-state index in [-0.39, 0.29) is 0 Å². The smallest absolute Gasteiger partial charge is 0.181 e. The zero-order valence-corrected chi connectivity index (χ0v) is 12.8. The van der Waals surface area contributed by atoms with Gasteiger partial charge in [0.15, 0.2) is 12.2 Å². The number of nitrogens with zero attached hydrogens (tertiary/aromatic N) is 1. The Morgan fingerprint density at radius 3 is 2.93 bits per heavy atom. The third-order valence-corrected chi connectivity index (χ3v) is 3.91. The number of rotatable bonds is 2. The largest absolute Gasteiger partial charge is 0.443 e. The lowest BCUT2D eigenvalue weighted by molar-refractivity contribution is 0.571. The van der Waals surface area contributed by atoms with Gasteiger partial charge in [-0.25, -0.2) is 4.98 Å². The van der Waals surface area contributed by atoms with Crippen molar-refractivity contribution in [3.63, 3.8) is 0 Å². The molecule has 0 aliphatic heterocycles. The maximum Gasteiger partial charge on any atom is 0.181 e. The van der Waals surface area contributed by atoms with Gasteiger partial charge >= 0.3 is 0 Å². The fraction of sp³-hybridized carbons (Fsp3) is 0.100. The highest BCUT2D eigenvalue weighted by Crippen LogP contribution is 2.31. The van der Waals surface area contributed by atoms with E-state index in [1.54, 1.807) is 0 Å². The summed E-state index contributed by atoms with van der Waals surface area (Å²) in [6.07, 6.45) is 1.48. The Morgan fingerprint density at radius 1 is 1.40 bits per heavy atom. The fourth-order valence-electron chi connectivity index (χ4n) is 1.25. The van der Waals surface area contributed by atoms with Crippen molar-refractivity contribution in [2.75, 3.05) is 0 Å². The summed E-state index contributed by atoms with van der Waals surface area (Å²) in [6, 6.07) is 6.09. The summed E-state index contributed by atoms with van der Waals surface area (Å²) in [5.41, 5.74) is 1.99. The lowest BCUT2D eigenvalue weighted by Gasteiger charge is -2.02. The van der Waals surface area contributed by atoms with Gasteiger partial charge in [0.2, 0.25) is 0 Å². The summed E-state index contributed by atoms with van der Waals surface area (Å²) in [5.74, 6) is 0.831. The minimum Gasteiger partial charge on any atom is -0.443 e. The first-order chi connectivity index (χ1) is 7.22. The topological polar surface area (TPSA) is 26.0 Å². The summed E-state index contributed by atoms with van der Waals surface area (Å²) < 4.78 is 7.60. The SMILES string of the molecule is BrCc1ncoc1-c1cc(Br)ccc1I. The van der Waals surface area contributed by atoms with Crippen LogP contribution >= 0.6 is 54.5 Å². The average Bonchev–Trinajstić information content (AvgIpc) is 2.69. The van der Waals surface area contributed by atoms with Gasteiger partial charge in [-0.15, -0.1) is 0 Å². The van der Waals surface area contributed by atoms with E-state index >= 15 is 0 Å². The molecule has 0 amide bonds. The quantitative estimate of drug-likeness (QED) is 0.501. The van der Waals surface area contributed by atoms with E-state index in [0.717, 1.165) is 25.1 Å². The minimum absolute atomic E-state index is 0.696. The highest BCUT2D eigenvalue weighted by Gasteiger charge is 2.12. The monoisotopic (exact) mass is 441 g/mol. The Kier molecular flexibility index (Phi) is 3.84. The van der Waals surface area contributed by atoms with Gasteiger partial charge < -0.3 is 4.42 Å². The maximum atomic E-state index is 5.41. The molecule has 0 fully saturated rings. The lowest BCUT2D eigenvalue weighted by atomic mass is 10.1. The number of hydrogen-bond donors (Lipinski definition) is 0. The Balaban J connectivity index is 2.58. The van der Waals surface area contributed by atoms with E-state index in [0.29, 0.717) is 5.33 Å². The van der Waals surface area contributed by atoms with Crippen molar-refractivity contribution in [3.8, 4) is 11.3 Å². The standard InChI is InChI=1S/C10H6Br2INO/c11-4-9-10(15-5-14-9)7-3-6(12)1-2-8(7)13/h1-3,5H,4H2. The molecule has 1 heterocycles. The second-order valence-electron chi connectivity index (χ2n) is 2.89. The third kappa shape index (κ3) is 2.45. The number of oxazole rings is 1. The minimum atomic E-state index is 0.696. The molecule has 5 heteroatoms. The first-order valence-electron chi connectivity index (χ1n) is 4.16. The van der Waals surface area contributed by atoms with Crippen molar-refractivity contribution in [3.05, 3.63) is 38.3 Å². The molecule has 0 saturated carbocycles. The van der Waals surface area contributed by atoms with Gasteiger partial charge in [0.25, 0.3) is 0 Å². The second-order valence-corrected chi connectivity index (χ2v) is 5.52. The Bertz CT molecular complexity index is 484. The van der Waals surface area contributed by atoms with E-state index in [1.807, 2.05) is 18.2 Å². The van der Waals surface area contributed by atoms with Crippen molar-refractivity contribution in [1.29, 1.82) is 0 Å². The molecule has 0 bridgehead atoms. The van der Waals surface area contributed by atoms with Crippen LogP contribution in [0.15, 0.2) is 33.5 Å². The molecule has 2 nitrogen and oxygen atoms in total. The highest BCUT2D eigenvalue weighted by atomic mass is 127. The zero-order chi connectivity index (χ0) is 10.8. The molecule has 2 aromatic rings. The molecular formula is C10H6Br2INO. The summed E-state index contributed by atoms with van der Waals surface area (Å²) in [4.78, 5) is 4.15. The molecule has 15 heavy (non-hydrogen) atoms. The van der Waals surface area contributed by atoms with Gasteiger partial charge in [-0.1, -0.05) is 31.9 Å². The molecule has 1 aromatic carbocycles. The molecule has 0 spiro atoms. The van der Waals surface area contributed by atoms with Crippen LogP contribution in [0.4, 0.5) is 0 Å². The predicted octanol–water partition coefficient (Wildman–Crippen LogP) is 4.60. The van der Waals surface area contributed by atoms with Crippen LogP contribution in [0.25, 0.3) is 11.3 Å². The van der Waals surface area contributed by atoms with Crippen LogP contribution < -0.4 is 0 Å². The van der Waals surface area contributed by atoms with Gasteiger partial charge in [-0.05, 0) is 40.8 Å². The van der Waals surface area contributed by atoms with Crippen molar-refractivity contribution in [1.82, 2.24) is 4.98 Å². The number of aromatic nitrogens is 1. The summed E-state index contributed by atoms with van der Waals surface area (Å²) in [5, 5.41) is 0.696. The third-order valence-electron chi connectivity index (χ3n) is 1.94. The summed E-state index contributed by atoms with van der Waals surface area (Å²) in [7, 11) is 0. The van der Waals surface area contributed by atoms with Gasteiger partial charge in [-0.2, -0.15) is 0 Å². The van der Waals surface area contributed by atoms with E-state index in [1.165, 1.54) is 6.39 Å². The van der Waals surface area contributed by atoms with Crippen LogP contribution in [0.5, 0.6) is 0 Å². The van der Waals surface area contributed by atoms with E-state index in [4.69, 9.17) is 4.42 Å². The molecule has 0 saturated heterocycles. The number of hydrogen-bond acceptors (Lipinski definition) is 2. The maximum absolute atomic E-state index is 5.41. The van der Waals surface area contributed by atoms with Crippen molar-refractivity contribution in [2.24, 2.45) is 0 Å². The van der Waals surface area contributed by atoms with Crippen LogP contribution in [0.1, 0.15) is 5.69 Å². The molecule has 0 radical (unpaired) electrons. The van der Waals surface area contributed by atoms with Gasteiger partial charge in [-0.3, -0.25) is 0 Å². The van der Waals surface area contributed by atoms with Crippen LogP contribution in [0.2, 0.25) is 0 Å². The van der Waals surface area contributed by atoms with E-state index in [2.05, 4.69) is 59.4 Å². The highest BCUT2D eigenvalue weighted by molar-refractivity contribution is 14.1. The van der Waals surface area contributed by atoms with Crippen LogP contribution in [0, 0.1) is 3.57 Å². The van der Waals surface area contributed by atoms with Gasteiger partial charge in [0.05, 0.1) is 5.69 Å². The van der Waals surface area contributed by atoms with Crippen LogP contribution in [-0.4, -0.2) is 4.98 Å². The molecule has 1 aromatic heterocycles. The molecular weight excluding hydrogens is 437 g/mol. The Hall–Kier alpha value is 0.120. The second kappa shape index (κ2) is 4.97. The number of halogens is 3. The Labute approximate surface area is 118 Å². The van der Waals surface area contributed by atoms with Crippen molar-refractivity contribution in [2.45, 2.75) is 5.33 Å². The van der Waals surface area contributed by atoms with E-state index in [9.17, 15) is 0 Å². The molecule has 78 valence electrons.